The molecule has 2 aromatic heterocycles. The minimum absolute atomic E-state index is 0.0680. The van der Waals surface area contributed by atoms with Gasteiger partial charge >= 0.3 is 6.18 Å². The lowest BCUT2D eigenvalue weighted by atomic mass is 10.1. The molecule has 1 unspecified atom stereocenters. The van der Waals surface area contributed by atoms with Crippen LogP contribution < -0.4 is 16.0 Å². The van der Waals surface area contributed by atoms with Crippen molar-refractivity contribution in [3.8, 4) is 0 Å². The fourth-order valence-electron chi connectivity index (χ4n) is 3.04. The number of hydrogen-bond donors (Lipinski definition) is 3. The van der Waals surface area contributed by atoms with E-state index in [-0.39, 0.29) is 17.9 Å². The van der Waals surface area contributed by atoms with Crippen molar-refractivity contribution in [2.75, 3.05) is 25.5 Å². The Labute approximate surface area is 172 Å². The third-order valence-corrected chi connectivity index (χ3v) is 4.60. The number of nitrogens with one attached hydrogen (secondary N) is 3. The molecule has 0 amide bonds. The molecule has 0 bridgehead atoms. The van der Waals surface area contributed by atoms with Gasteiger partial charge in [-0.1, -0.05) is 13.8 Å². The molecule has 3 rings (SSSR count). The monoisotopic (exact) mass is 425 g/mol. The molecule has 164 valence electrons. The minimum atomic E-state index is -4.50. The quantitative estimate of drug-likeness (QED) is 0.368. The van der Waals surface area contributed by atoms with Gasteiger partial charge in [0.2, 0.25) is 5.95 Å². The molecule has 2 aromatic rings. The molecule has 1 atom stereocenters. The van der Waals surface area contributed by atoms with Crippen LogP contribution in [0.3, 0.4) is 0 Å². The summed E-state index contributed by atoms with van der Waals surface area (Å²) in [6.45, 7) is 5.60. The third kappa shape index (κ3) is 5.57. The van der Waals surface area contributed by atoms with Crippen LogP contribution in [0.1, 0.15) is 43.5 Å². The second kappa shape index (κ2) is 9.26. The lowest BCUT2D eigenvalue weighted by Crippen LogP contribution is -2.48. The van der Waals surface area contributed by atoms with E-state index in [1.54, 1.807) is 7.05 Å². The van der Waals surface area contributed by atoms with Gasteiger partial charge in [0.25, 0.3) is 0 Å². The average molecular weight is 425 g/mol. The molecule has 3 heterocycles. The summed E-state index contributed by atoms with van der Waals surface area (Å²) in [6.07, 6.45) is -1.67. The molecule has 30 heavy (non-hydrogen) atoms. The van der Waals surface area contributed by atoms with Crippen molar-refractivity contribution < 1.29 is 13.2 Å². The number of rotatable bonds is 6. The van der Waals surface area contributed by atoms with E-state index in [9.17, 15) is 13.2 Å². The number of guanidine groups is 1. The lowest BCUT2D eigenvalue weighted by Gasteiger charge is -2.25. The number of aromatic nitrogens is 5. The summed E-state index contributed by atoms with van der Waals surface area (Å²) in [4.78, 5) is 16.1. The summed E-state index contributed by atoms with van der Waals surface area (Å²) in [5.41, 5.74) is -0.976. The highest BCUT2D eigenvalue weighted by molar-refractivity contribution is 5.80. The molecule has 0 fully saturated rings. The standard InChI is InChI=1S/C18H26F3N9/c1-11(2)15-28-14-5-4-12(10-30(14)29-15)26-16(22-3)24-8-9-25-17-23-7-6-13(27-17)18(19,20)21/h6-7,11-12H,4-5,8-10H2,1-3H3,(H2,22,24,26)(H,23,25,27). The van der Waals surface area contributed by atoms with Crippen molar-refractivity contribution >= 4 is 11.9 Å². The first kappa shape index (κ1) is 21.8. The van der Waals surface area contributed by atoms with Gasteiger partial charge in [-0.25, -0.2) is 19.6 Å². The molecule has 9 nitrogen and oxygen atoms in total. The molecule has 0 saturated carbocycles. The normalized spacial score (nSPS) is 17.0. The zero-order valence-corrected chi connectivity index (χ0v) is 17.2. The van der Waals surface area contributed by atoms with Gasteiger partial charge in [-0.15, -0.1) is 0 Å². The second-order valence-electron chi connectivity index (χ2n) is 7.29. The van der Waals surface area contributed by atoms with E-state index in [4.69, 9.17) is 0 Å². The van der Waals surface area contributed by atoms with Crippen molar-refractivity contribution in [2.24, 2.45) is 4.99 Å². The molecule has 0 radical (unpaired) electrons. The number of alkyl halides is 3. The van der Waals surface area contributed by atoms with Crippen molar-refractivity contribution in [2.45, 2.75) is 51.4 Å². The Morgan fingerprint density at radius 2 is 2.10 bits per heavy atom. The smallest absolute Gasteiger partial charge is 0.355 e. The van der Waals surface area contributed by atoms with Gasteiger partial charge in [0.15, 0.2) is 11.8 Å². The summed E-state index contributed by atoms with van der Waals surface area (Å²) >= 11 is 0. The van der Waals surface area contributed by atoms with Crippen LogP contribution in [0.2, 0.25) is 0 Å². The highest BCUT2D eigenvalue weighted by Crippen LogP contribution is 2.27. The van der Waals surface area contributed by atoms with Gasteiger partial charge in [0, 0.05) is 44.7 Å². The molecule has 0 aliphatic carbocycles. The largest absolute Gasteiger partial charge is 0.433 e. The summed E-state index contributed by atoms with van der Waals surface area (Å²) in [5, 5.41) is 13.8. The van der Waals surface area contributed by atoms with Gasteiger partial charge in [0.05, 0.1) is 6.54 Å². The molecule has 1 aliphatic heterocycles. The SMILES string of the molecule is CN=C(NCCNc1nccc(C(F)(F)F)n1)NC1CCc2nc(C(C)C)nn2C1. The van der Waals surface area contributed by atoms with Crippen molar-refractivity contribution in [3.63, 3.8) is 0 Å². The van der Waals surface area contributed by atoms with E-state index in [0.717, 1.165) is 36.8 Å². The molecule has 3 N–H and O–H groups in total. The van der Waals surface area contributed by atoms with Crippen molar-refractivity contribution in [3.05, 3.63) is 29.6 Å². The highest BCUT2D eigenvalue weighted by atomic mass is 19.4. The Bertz CT molecular complexity index is 876. The Kier molecular flexibility index (Phi) is 6.73. The first-order valence-corrected chi connectivity index (χ1v) is 9.81. The second-order valence-corrected chi connectivity index (χ2v) is 7.29. The summed E-state index contributed by atoms with van der Waals surface area (Å²) < 4.78 is 40.0. The zero-order valence-electron chi connectivity index (χ0n) is 17.2. The highest BCUT2D eigenvalue weighted by Gasteiger charge is 2.32. The van der Waals surface area contributed by atoms with E-state index in [2.05, 4.69) is 54.8 Å². The maximum atomic E-state index is 12.7. The molecule has 0 spiro atoms. The van der Waals surface area contributed by atoms with Crippen LogP contribution in [-0.4, -0.2) is 56.9 Å². The average Bonchev–Trinajstić information content (AvgIpc) is 3.13. The van der Waals surface area contributed by atoms with Gasteiger partial charge in [-0.05, 0) is 12.5 Å². The summed E-state index contributed by atoms with van der Waals surface area (Å²) in [5.74, 6) is 2.69. The van der Waals surface area contributed by atoms with E-state index >= 15 is 0 Å². The topological polar surface area (TPSA) is 105 Å². The fourth-order valence-corrected chi connectivity index (χ4v) is 3.04. The minimum Gasteiger partial charge on any atom is -0.355 e. The molecule has 1 aliphatic rings. The molecular formula is C18H26F3N9. The van der Waals surface area contributed by atoms with Crippen molar-refractivity contribution in [1.29, 1.82) is 0 Å². The number of anilines is 1. The molecular weight excluding hydrogens is 399 g/mol. The van der Waals surface area contributed by atoms with E-state index in [0.29, 0.717) is 25.6 Å². The maximum Gasteiger partial charge on any atom is 0.433 e. The van der Waals surface area contributed by atoms with E-state index in [1.165, 1.54) is 0 Å². The predicted octanol–water partition coefficient (Wildman–Crippen LogP) is 1.80. The van der Waals surface area contributed by atoms with Crippen LogP contribution in [0.5, 0.6) is 0 Å². The molecule has 0 aromatic carbocycles. The first-order chi connectivity index (χ1) is 14.3. The molecule has 0 saturated heterocycles. The van der Waals surface area contributed by atoms with Crippen LogP contribution in [0, 0.1) is 0 Å². The van der Waals surface area contributed by atoms with Gasteiger partial charge < -0.3 is 16.0 Å². The van der Waals surface area contributed by atoms with Gasteiger partial charge in [-0.2, -0.15) is 18.3 Å². The van der Waals surface area contributed by atoms with Crippen LogP contribution >= 0.6 is 0 Å². The Balaban J connectivity index is 1.45. The van der Waals surface area contributed by atoms with Crippen LogP contribution in [0.15, 0.2) is 17.3 Å². The van der Waals surface area contributed by atoms with Crippen molar-refractivity contribution in [1.82, 2.24) is 35.4 Å². The van der Waals surface area contributed by atoms with Crippen LogP contribution in [0.25, 0.3) is 0 Å². The zero-order chi connectivity index (χ0) is 21.7. The molecule has 12 heteroatoms. The number of fused-ring (bicyclic) bond motifs is 1. The number of aliphatic imine (C=N–C) groups is 1. The summed E-state index contributed by atoms with van der Waals surface area (Å²) in [7, 11) is 1.67. The Morgan fingerprint density at radius 1 is 1.30 bits per heavy atom. The number of hydrogen-bond acceptors (Lipinski definition) is 6. The van der Waals surface area contributed by atoms with E-state index in [1.807, 2.05) is 4.68 Å². The third-order valence-electron chi connectivity index (χ3n) is 4.60. The van der Waals surface area contributed by atoms with Gasteiger partial charge in [-0.3, -0.25) is 4.99 Å². The maximum absolute atomic E-state index is 12.7. The van der Waals surface area contributed by atoms with E-state index < -0.39 is 11.9 Å². The Morgan fingerprint density at radius 3 is 2.80 bits per heavy atom. The number of nitrogens with zero attached hydrogens (tertiary/aromatic N) is 6. The fraction of sp³-hybridized carbons (Fsp3) is 0.611. The predicted molar refractivity (Wildman–Crippen MR) is 106 cm³/mol. The van der Waals surface area contributed by atoms with Crippen LogP contribution in [-0.2, 0) is 19.1 Å². The summed E-state index contributed by atoms with van der Waals surface area (Å²) in [6, 6.07) is 0.995. The lowest BCUT2D eigenvalue weighted by molar-refractivity contribution is -0.141. The number of aryl methyl sites for hydroxylation is 1. The number of halogens is 3. The first-order valence-electron chi connectivity index (χ1n) is 9.81. The van der Waals surface area contributed by atoms with Crippen LogP contribution in [0.4, 0.5) is 19.1 Å². The van der Waals surface area contributed by atoms with Gasteiger partial charge in [0.1, 0.15) is 11.5 Å². The Hall–Kier alpha value is -2.92.